The van der Waals surface area contributed by atoms with Crippen molar-refractivity contribution in [3.05, 3.63) is 109 Å². The number of benzene rings is 4. The van der Waals surface area contributed by atoms with E-state index < -0.39 is 0 Å². The number of nitrogens with one attached hydrogen (secondary N) is 1. The number of nitrogens with zero attached hydrogens (tertiary/aromatic N) is 2. The molecule has 0 saturated carbocycles. The second-order valence-electron chi connectivity index (χ2n) is 6.90. The van der Waals surface area contributed by atoms with Crippen LogP contribution in [0.5, 0.6) is 0 Å². The van der Waals surface area contributed by atoms with Crippen molar-refractivity contribution in [3.8, 4) is 22.5 Å². The molecule has 5 aromatic rings. The summed E-state index contributed by atoms with van der Waals surface area (Å²) in [7, 11) is 0. The maximum absolute atomic E-state index is 4.67. The lowest BCUT2D eigenvalue weighted by atomic mass is 10.1. The smallest absolute Gasteiger partial charge is 0.159 e. The SMILES string of the molecule is c1ccc(-c2ccc(Nc3ccc(-c4ncc5ccccc5n4)cc3)cc2)cc1. The molecule has 29 heavy (non-hydrogen) atoms. The number of para-hydroxylation sites is 1. The molecule has 0 aliphatic rings. The molecular weight excluding hydrogens is 354 g/mol. The first-order chi connectivity index (χ1) is 14.3. The quantitative estimate of drug-likeness (QED) is 0.380. The summed E-state index contributed by atoms with van der Waals surface area (Å²) in [4.78, 5) is 9.16. The molecule has 0 bridgehead atoms. The largest absolute Gasteiger partial charge is 0.356 e. The predicted molar refractivity (Wildman–Crippen MR) is 120 cm³/mol. The minimum absolute atomic E-state index is 0.738. The Balaban J connectivity index is 1.33. The first kappa shape index (κ1) is 17.1. The van der Waals surface area contributed by atoms with Crippen LogP contribution in [-0.4, -0.2) is 9.97 Å². The second kappa shape index (κ2) is 7.56. The van der Waals surface area contributed by atoms with E-state index in [-0.39, 0.29) is 0 Å². The highest BCUT2D eigenvalue weighted by atomic mass is 14.9. The minimum atomic E-state index is 0.738. The summed E-state index contributed by atoms with van der Waals surface area (Å²) in [5, 5.41) is 4.50. The van der Waals surface area contributed by atoms with E-state index in [2.05, 4.69) is 75.9 Å². The lowest BCUT2D eigenvalue weighted by Gasteiger charge is -2.09. The molecule has 0 spiro atoms. The van der Waals surface area contributed by atoms with Gasteiger partial charge < -0.3 is 5.32 Å². The van der Waals surface area contributed by atoms with Crippen LogP contribution in [0.3, 0.4) is 0 Å². The molecular formula is C26H19N3. The number of rotatable bonds is 4. The maximum Gasteiger partial charge on any atom is 0.159 e. The molecule has 1 aromatic heterocycles. The van der Waals surface area contributed by atoms with E-state index in [4.69, 9.17) is 0 Å². The van der Waals surface area contributed by atoms with Gasteiger partial charge in [0.15, 0.2) is 5.82 Å². The van der Waals surface area contributed by atoms with Crippen LogP contribution in [-0.2, 0) is 0 Å². The average Bonchev–Trinajstić information content (AvgIpc) is 2.80. The fourth-order valence-electron chi connectivity index (χ4n) is 3.36. The zero-order valence-corrected chi connectivity index (χ0v) is 15.8. The second-order valence-corrected chi connectivity index (χ2v) is 6.90. The van der Waals surface area contributed by atoms with Crippen LogP contribution in [0.2, 0.25) is 0 Å². The molecule has 1 N–H and O–H groups in total. The Morgan fingerprint density at radius 1 is 0.517 bits per heavy atom. The van der Waals surface area contributed by atoms with Crippen molar-refractivity contribution < 1.29 is 0 Å². The van der Waals surface area contributed by atoms with Gasteiger partial charge in [-0.1, -0.05) is 60.7 Å². The van der Waals surface area contributed by atoms with Crippen LogP contribution < -0.4 is 5.32 Å². The van der Waals surface area contributed by atoms with Crippen LogP contribution in [0.1, 0.15) is 0 Å². The molecule has 0 radical (unpaired) electrons. The normalized spacial score (nSPS) is 10.8. The van der Waals surface area contributed by atoms with Gasteiger partial charge in [-0.05, 0) is 53.6 Å². The van der Waals surface area contributed by atoms with E-state index in [1.165, 1.54) is 11.1 Å². The van der Waals surface area contributed by atoms with Gasteiger partial charge in [0.25, 0.3) is 0 Å². The Labute approximate surface area is 169 Å². The van der Waals surface area contributed by atoms with Crippen LogP contribution in [0.25, 0.3) is 33.4 Å². The molecule has 0 atom stereocenters. The third kappa shape index (κ3) is 3.71. The molecule has 0 aliphatic carbocycles. The zero-order chi connectivity index (χ0) is 19.5. The molecule has 3 heteroatoms. The Morgan fingerprint density at radius 3 is 1.83 bits per heavy atom. The van der Waals surface area contributed by atoms with Gasteiger partial charge in [-0.15, -0.1) is 0 Å². The Hall–Kier alpha value is -3.98. The summed E-state index contributed by atoms with van der Waals surface area (Å²) in [6.07, 6.45) is 1.87. The van der Waals surface area contributed by atoms with E-state index in [1.807, 2.05) is 48.7 Å². The van der Waals surface area contributed by atoms with Gasteiger partial charge in [0, 0.05) is 28.5 Å². The van der Waals surface area contributed by atoms with Crippen molar-refractivity contribution >= 4 is 22.3 Å². The number of aromatic nitrogens is 2. The van der Waals surface area contributed by atoms with Gasteiger partial charge >= 0.3 is 0 Å². The molecule has 0 aliphatic heterocycles. The fourth-order valence-corrected chi connectivity index (χ4v) is 3.36. The predicted octanol–water partition coefficient (Wildman–Crippen LogP) is 6.71. The number of fused-ring (bicyclic) bond motifs is 1. The third-order valence-electron chi connectivity index (χ3n) is 4.91. The molecule has 3 nitrogen and oxygen atoms in total. The molecule has 0 unspecified atom stereocenters. The van der Waals surface area contributed by atoms with Crippen LogP contribution >= 0.6 is 0 Å². The molecule has 4 aromatic carbocycles. The fraction of sp³-hybridized carbons (Fsp3) is 0. The summed E-state index contributed by atoms with van der Waals surface area (Å²) in [6.45, 7) is 0. The van der Waals surface area contributed by atoms with E-state index in [9.17, 15) is 0 Å². The highest BCUT2D eigenvalue weighted by molar-refractivity contribution is 5.79. The number of anilines is 2. The van der Waals surface area contributed by atoms with Gasteiger partial charge in [0.1, 0.15) is 0 Å². The average molecular weight is 373 g/mol. The molecule has 0 saturated heterocycles. The molecule has 138 valence electrons. The van der Waals surface area contributed by atoms with Crippen molar-refractivity contribution in [2.24, 2.45) is 0 Å². The van der Waals surface area contributed by atoms with Crippen molar-refractivity contribution in [3.63, 3.8) is 0 Å². The maximum atomic E-state index is 4.67. The van der Waals surface area contributed by atoms with Gasteiger partial charge in [0.05, 0.1) is 5.52 Å². The molecule has 0 fully saturated rings. The van der Waals surface area contributed by atoms with E-state index >= 15 is 0 Å². The Morgan fingerprint density at radius 2 is 1.10 bits per heavy atom. The lowest BCUT2D eigenvalue weighted by molar-refractivity contribution is 1.23. The lowest BCUT2D eigenvalue weighted by Crippen LogP contribution is -1.92. The van der Waals surface area contributed by atoms with Crippen LogP contribution in [0, 0.1) is 0 Å². The summed E-state index contributed by atoms with van der Waals surface area (Å²) in [6, 6.07) is 35.1. The standard InChI is InChI=1S/C26H19N3/c1-2-6-19(7-3-1)20-10-14-23(15-11-20)28-24-16-12-21(13-17-24)26-27-18-22-8-4-5-9-25(22)29-26/h1-18,28H. The highest BCUT2D eigenvalue weighted by Gasteiger charge is 2.04. The van der Waals surface area contributed by atoms with Crippen molar-refractivity contribution in [2.75, 3.05) is 5.32 Å². The van der Waals surface area contributed by atoms with E-state index in [0.717, 1.165) is 33.7 Å². The van der Waals surface area contributed by atoms with Crippen molar-refractivity contribution in [2.45, 2.75) is 0 Å². The monoisotopic (exact) mass is 373 g/mol. The molecule has 1 heterocycles. The van der Waals surface area contributed by atoms with Gasteiger partial charge in [0.2, 0.25) is 0 Å². The van der Waals surface area contributed by atoms with E-state index in [0.29, 0.717) is 0 Å². The van der Waals surface area contributed by atoms with E-state index in [1.54, 1.807) is 0 Å². The van der Waals surface area contributed by atoms with Crippen molar-refractivity contribution in [1.82, 2.24) is 9.97 Å². The number of hydrogen-bond donors (Lipinski definition) is 1. The topological polar surface area (TPSA) is 37.8 Å². The molecule has 0 amide bonds. The first-order valence-corrected chi connectivity index (χ1v) is 9.60. The Kier molecular flexibility index (Phi) is 4.47. The van der Waals surface area contributed by atoms with Crippen LogP contribution in [0.15, 0.2) is 109 Å². The summed E-state index contributed by atoms with van der Waals surface area (Å²) in [5.74, 6) is 0.738. The third-order valence-corrected chi connectivity index (χ3v) is 4.91. The van der Waals surface area contributed by atoms with Crippen LogP contribution in [0.4, 0.5) is 11.4 Å². The summed E-state index contributed by atoms with van der Waals surface area (Å²) >= 11 is 0. The molecule has 5 rings (SSSR count). The number of hydrogen-bond acceptors (Lipinski definition) is 3. The summed E-state index contributed by atoms with van der Waals surface area (Å²) < 4.78 is 0. The van der Waals surface area contributed by atoms with Crippen molar-refractivity contribution in [1.29, 1.82) is 0 Å². The minimum Gasteiger partial charge on any atom is -0.356 e. The highest BCUT2D eigenvalue weighted by Crippen LogP contribution is 2.25. The first-order valence-electron chi connectivity index (χ1n) is 9.60. The summed E-state index contributed by atoms with van der Waals surface area (Å²) in [5.41, 5.74) is 6.47. The Bertz CT molecular complexity index is 1240. The zero-order valence-electron chi connectivity index (χ0n) is 15.8. The van der Waals surface area contributed by atoms with Gasteiger partial charge in [-0.3, -0.25) is 0 Å². The van der Waals surface area contributed by atoms with Gasteiger partial charge in [-0.25, -0.2) is 9.97 Å². The van der Waals surface area contributed by atoms with Gasteiger partial charge in [-0.2, -0.15) is 0 Å².